The molecule has 0 atom stereocenters. The molecule has 0 unspecified atom stereocenters. The standard InChI is InChI=1S/C23H22ClN3O3S/c1-3-29-19-11-14(10-18(24)21(19)30-4-2)9-15(12-25)22(28)27-23-17(13-26)16-7-5-6-8-20(16)31-23/h9-11H,3-8H2,1-2H3,(H,27,28). The van der Waals surface area contributed by atoms with Gasteiger partial charge in [-0.15, -0.1) is 11.3 Å². The summed E-state index contributed by atoms with van der Waals surface area (Å²) >= 11 is 7.75. The Morgan fingerprint density at radius 1 is 1.23 bits per heavy atom. The molecule has 2 aromatic rings. The number of rotatable bonds is 7. The van der Waals surface area contributed by atoms with E-state index < -0.39 is 5.91 Å². The molecule has 1 aliphatic rings. The Morgan fingerprint density at radius 2 is 1.97 bits per heavy atom. The molecule has 31 heavy (non-hydrogen) atoms. The van der Waals surface area contributed by atoms with Crippen molar-refractivity contribution in [2.75, 3.05) is 18.5 Å². The SMILES string of the molecule is CCOc1cc(C=C(C#N)C(=O)Nc2sc3c(c2C#N)CCCC3)cc(Cl)c1OCC. The second-order valence-electron chi connectivity index (χ2n) is 6.85. The Labute approximate surface area is 190 Å². The average Bonchev–Trinajstić information content (AvgIpc) is 3.11. The summed E-state index contributed by atoms with van der Waals surface area (Å²) in [6.45, 7) is 4.52. The smallest absolute Gasteiger partial charge is 0.266 e. The number of hydrogen-bond donors (Lipinski definition) is 1. The van der Waals surface area contributed by atoms with Crippen molar-refractivity contribution in [3.05, 3.63) is 44.3 Å². The van der Waals surface area contributed by atoms with Gasteiger partial charge in [-0.05, 0) is 68.9 Å². The first kappa shape index (κ1) is 22.7. The number of anilines is 1. The average molecular weight is 456 g/mol. The Hall–Kier alpha value is -3.00. The number of fused-ring (bicyclic) bond motifs is 1. The molecule has 1 aromatic carbocycles. The second-order valence-corrected chi connectivity index (χ2v) is 8.36. The predicted octanol–water partition coefficient (Wildman–Crippen LogP) is 5.50. The third kappa shape index (κ3) is 5.02. The summed E-state index contributed by atoms with van der Waals surface area (Å²) in [5.74, 6) is 0.299. The molecule has 0 radical (unpaired) electrons. The fourth-order valence-corrected chi connectivity index (χ4v) is 4.98. The van der Waals surface area contributed by atoms with Gasteiger partial charge in [-0.1, -0.05) is 11.6 Å². The van der Waals surface area contributed by atoms with Crippen molar-refractivity contribution in [3.63, 3.8) is 0 Å². The number of halogens is 1. The van der Waals surface area contributed by atoms with E-state index in [1.165, 1.54) is 17.4 Å². The molecule has 3 rings (SSSR count). The van der Waals surface area contributed by atoms with E-state index in [4.69, 9.17) is 21.1 Å². The van der Waals surface area contributed by atoms with Crippen LogP contribution in [0.3, 0.4) is 0 Å². The van der Waals surface area contributed by atoms with E-state index >= 15 is 0 Å². The molecule has 1 heterocycles. The topological polar surface area (TPSA) is 95.1 Å². The number of carbonyl (C=O) groups excluding carboxylic acids is 1. The molecule has 1 aromatic heterocycles. The minimum Gasteiger partial charge on any atom is -0.490 e. The van der Waals surface area contributed by atoms with Gasteiger partial charge in [0.25, 0.3) is 5.91 Å². The van der Waals surface area contributed by atoms with Gasteiger partial charge in [0.1, 0.15) is 22.7 Å². The predicted molar refractivity (Wildman–Crippen MR) is 122 cm³/mol. The fraction of sp³-hybridized carbons (Fsp3) is 0.348. The highest BCUT2D eigenvalue weighted by Crippen LogP contribution is 2.39. The van der Waals surface area contributed by atoms with Crippen molar-refractivity contribution in [2.45, 2.75) is 39.5 Å². The molecule has 1 amide bonds. The zero-order chi connectivity index (χ0) is 22.4. The summed E-state index contributed by atoms with van der Waals surface area (Å²) in [6, 6.07) is 7.44. The first-order chi connectivity index (χ1) is 15.0. The van der Waals surface area contributed by atoms with Crippen molar-refractivity contribution in [3.8, 4) is 23.6 Å². The van der Waals surface area contributed by atoms with Crippen LogP contribution in [0.25, 0.3) is 6.08 Å². The molecule has 8 heteroatoms. The third-order valence-corrected chi connectivity index (χ3v) is 6.29. The van der Waals surface area contributed by atoms with Gasteiger partial charge in [0.05, 0.1) is 23.8 Å². The minimum atomic E-state index is -0.569. The Kier molecular flexibility index (Phi) is 7.57. The molecular weight excluding hydrogens is 434 g/mol. The summed E-state index contributed by atoms with van der Waals surface area (Å²) in [5.41, 5.74) is 1.97. The lowest BCUT2D eigenvalue weighted by Gasteiger charge is -2.13. The van der Waals surface area contributed by atoms with Crippen LogP contribution in [0, 0.1) is 22.7 Å². The molecule has 0 saturated heterocycles. The molecule has 0 fully saturated rings. The van der Waals surface area contributed by atoms with E-state index in [1.807, 2.05) is 19.9 Å². The Balaban J connectivity index is 1.90. The lowest BCUT2D eigenvalue weighted by Crippen LogP contribution is -2.13. The lowest BCUT2D eigenvalue weighted by atomic mass is 9.96. The van der Waals surface area contributed by atoms with Crippen LogP contribution in [0.2, 0.25) is 5.02 Å². The largest absolute Gasteiger partial charge is 0.490 e. The maximum Gasteiger partial charge on any atom is 0.266 e. The van der Waals surface area contributed by atoms with Gasteiger partial charge in [-0.2, -0.15) is 10.5 Å². The van der Waals surface area contributed by atoms with E-state index in [2.05, 4.69) is 11.4 Å². The number of aryl methyl sites for hydroxylation is 1. The number of ether oxygens (including phenoxy) is 2. The van der Waals surface area contributed by atoms with Crippen molar-refractivity contribution >= 4 is 39.9 Å². The first-order valence-corrected chi connectivity index (χ1v) is 11.3. The van der Waals surface area contributed by atoms with Crippen LogP contribution in [-0.4, -0.2) is 19.1 Å². The normalized spacial score (nSPS) is 13.0. The number of benzene rings is 1. The van der Waals surface area contributed by atoms with Crippen molar-refractivity contribution < 1.29 is 14.3 Å². The molecule has 0 bridgehead atoms. The molecule has 0 spiro atoms. The van der Waals surface area contributed by atoms with Gasteiger partial charge in [-0.3, -0.25) is 4.79 Å². The number of hydrogen-bond acceptors (Lipinski definition) is 6. The van der Waals surface area contributed by atoms with Crippen LogP contribution in [0.15, 0.2) is 17.7 Å². The van der Waals surface area contributed by atoms with Crippen LogP contribution < -0.4 is 14.8 Å². The maximum atomic E-state index is 12.8. The van der Waals surface area contributed by atoms with Crippen LogP contribution in [0.4, 0.5) is 5.00 Å². The van der Waals surface area contributed by atoms with Crippen LogP contribution >= 0.6 is 22.9 Å². The summed E-state index contributed by atoms with van der Waals surface area (Å²) in [5, 5.41) is 22.7. The first-order valence-electron chi connectivity index (χ1n) is 10.1. The van der Waals surface area contributed by atoms with Gasteiger partial charge in [0.2, 0.25) is 0 Å². The van der Waals surface area contributed by atoms with E-state index in [0.717, 1.165) is 36.1 Å². The van der Waals surface area contributed by atoms with Crippen LogP contribution in [0.5, 0.6) is 11.5 Å². The number of nitriles is 2. The molecule has 6 nitrogen and oxygen atoms in total. The van der Waals surface area contributed by atoms with Crippen LogP contribution in [-0.2, 0) is 17.6 Å². The van der Waals surface area contributed by atoms with E-state index in [9.17, 15) is 15.3 Å². The molecule has 0 aliphatic heterocycles. The molecule has 1 aliphatic carbocycles. The summed E-state index contributed by atoms with van der Waals surface area (Å²) < 4.78 is 11.1. The Bertz CT molecular complexity index is 1110. The van der Waals surface area contributed by atoms with Crippen molar-refractivity contribution in [1.82, 2.24) is 0 Å². The highest BCUT2D eigenvalue weighted by atomic mass is 35.5. The summed E-state index contributed by atoms with van der Waals surface area (Å²) in [4.78, 5) is 13.9. The molecular formula is C23H22ClN3O3S. The van der Waals surface area contributed by atoms with Gasteiger partial charge in [0.15, 0.2) is 11.5 Å². The quantitative estimate of drug-likeness (QED) is 0.439. The van der Waals surface area contributed by atoms with Gasteiger partial charge in [0, 0.05) is 4.88 Å². The van der Waals surface area contributed by atoms with Crippen LogP contribution in [0.1, 0.15) is 48.3 Å². The Morgan fingerprint density at radius 3 is 2.65 bits per heavy atom. The molecule has 1 N–H and O–H groups in total. The lowest BCUT2D eigenvalue weighted by molar-refractivity contribution is -0.112. The molecule has 0 saturated carbocycles. The van der Waals surface area contributed by atoms with E-state index in [-0.39, 0.29) is 5.57 Å². The second kappa shape index (κ2) is 10.3. The zero-order valence-electron chi connectivity index (χ0n) is 17.4. The van der Waals surface area contributed by atoms with Gasteiger partial charge < -0.3 is 14.8 Å². The van der Waals surface area contributed by atoms with Crippen molar-refractivity contribution in [1.29, 1.82) is 10.5 Å². The van der Waals surface area contributed by atoms with Gasteiger partial charge in [-0.25, -0.2) is 0 Å². The minimum absolute atomic E-state index is 0.0991. The monoisotopic (exact) mass is 455 g/mol. The highest BCUT2D eigenvalue weighted by Gasteiger charge is 2.23. The maximum absolute atomic E-state index is 12.8. The molecule has 160 valence electrons. The number of nitrogens with zero attached hydrogens (tertiary/aromatic N) is 2. The van der Waals surface area contributed by atoms with E-state index in [0.29, 0.717) is 45.9 Å². The highest BCUT2D eigenvalue weighted by molar-refractivity contribution is 7.16. The third-order valence-electron chi connectivity index (χ3n) is 4.81. The summed E-state index contributed by atoms with van der Waals surface area (Å²) in [6.07, 6.45) is 5.32. The number of thiophene rings is 1. The van der Waals surface area contributed by atoms with E-state index in [1.54, 1.807) is 12.1 Å². The number of carbonyl (C=O) groups is 1. The van der Waals surface area contributed by atoms with Crippen molar-refractivity contribution in [2.24, 2.45) is 0 Å². The fourth-order valence-electron chi connectivity index (χ4n) is 3.48. The summed E-state index contributed by atoms with van der Waals surface area (Å²) in [7, 11) is 0. The zero-order valence-corrected chi connectivity index (χ0v) is 19.0. The number of amides is 1. The van der Waals surface area contributed by atoms with Gasteiger partial charge >= 0.3 is 0 Å². The number of nitrogens with one attached hydrogen (secondary N) is 1.